The standard InChI is InChI=1S/C22H26BrNO2/c1-3-21(18-9-8-16-6-4-5-7-17(16)13-18)24-22(25)14-26-19-10-11-20(23)15(2)12-19/h8-13,21H,3-7,14H2,1-2H3,(H,24,25)/t21-/m1/s1. The van der Waals surface area contributed by atoms with E-state index in [0.29, 0.717) is 5.75 Å². The second-order valence-electron chi connectivity index (χ2n) is 6.96. The van der Waals surface area contributed by atoms with Crippen molar-refractivity contribution in [2.45, 2.75) is 52.0 Å². The van der Waals surface area contributed by atoms with Crippen molar-refractivity contribution < 1.29 is 9.53 Å². The van der Waals surface area contributed by atoms with Gasteiger partial charge < -0.3 is 10.1 Å². The maximum Gasteiger partial charge on any atom is 0.258 e. The maximum absolute atomic E-state index is 12.4. The fourth-order valence-corrected chi connectivity index (χ4v) is 3.73. The van der Waals surface area contributed by atoms with E-state index in [2.05, 4.69) is 46.4 Å². The minimum Gasteiger partial charge on any atom is -0.484 e. The van der Waals surface area contributed by atoms with E-state index in [9.17, 15) is 4.79 Å². The molecule has 0 fully saturated rings. The fraction of sp³-hybridized carbons (Fsp3) is 0.409. The van der Waals surface area contributed by atoms with Crippen LogP contribution in [0.25, 0.3) is 0 Å². The molecular weight excluding hydrogens is 390 g/mol. The van der Waals surface area contributed by atoms with Crippen molar-refractivity contribution in [3.05, 3.63) is 63.1 Å². The van der Waals surface area contributed by atoms with Gasteiger partial charge in [0, 0.05) is 4.47 Å². The zero-order chi connectivity index (χ0) is 18.5. The van der Waals surface area contributed by atoms with Crippen molar-refractivity contribution in [2.24, 2.45) is 0 Å². The average Bonchev–Trinajstić information content (AvgIpc) is 2.66. The first-order valence-electron chi connectivity index (χ1n) is 9.37. The summed E-state index contributed by atoms with van der Waals surface area (Å²) in [7, 11) is 0. The molecule has 0 spiro atoms. The molecule has 1 amide bonds. The van der Waals surface area contributed by atoms with E-state index in [1.165, 1.54) is 36.0 Å². The molecule has 0 unspecified atom stereocenters. The molecule has 0 saturated heterocycles. The Hall–Kier alpha value is -1.81. The number of halogens is 1. The lowest BCUT2D eigenvalue weighted by molar-refractivity contribution is -0.123. The second kappa shape index (κ2) is 8.72. The molecule has 3 nitrogen and oxygen atoms in total. The zero-order valence-electron chi connectivity index (χ0n) is 15.5. The molecule has 3 rings (SSSR count). The van der Waals surface area contributed by atoms with E-state index in [1.54, 1.807) is 0 Å². The van der Waals surface area contributed by atoms with Crippen LogP contribution in [0, 0.1) is 6.92 Å². The van der Waals surface area contributed by atoms with Gasteiger partial charge in [0.2, 0.25) is 0 Å². The van der Waals surface area contributed by atoms with Crippen molar-refractivity contribution in [3.8, 4) is 5.75 Å². The van der Waals surface area contributed by atoms with Gasteiger partial charge in [0.05, 0.1) is 6.04 Å². The lowest BCUT2D eigenvalue weighted by atomic mass is 9.89. The molecule has 138 valence electrons. The van der Waals surface area contributed by atoms with Crippen LogP contribution >= 0.6 is 15.9 Å². The van der Waals surface area contributed by atoms with Gasteiger partial charge >= 0.3 is 0 Å². The fourth-order valence-electron chi connectivity index (χ4n) is 3.48. The monoisotopic (exact) mass is 415 g/mol. The van der Waals surface area contributed by atoms with Crippen molar-refractivity contribution in [1.29, 1.82) is 0 Å². The van der Waals surface area contributed by atoms with E-state index in [0.717, 1.165) is 22.9 Å². The minimum atomic E-state index is -0.0878. The first-order chi connectivity index (χ1) is 12.6. The molecule has 1 aliphatic rings. The second-order valence-corrected chi connectivity index (χ2v) is 7.82. The number of aryl methyl sites for hydroxylation is 3. The minimum absolute atomic E-state index is 0.0303. The molecule has 0 aliphatic heterocycles. The van der Waals surface area contributed by atoms with Gasteiger partial charge in [-0.15, -0.1) is 0 Å². The Morgan fingerprint density at radius 3 is 2.65 bits per heavy atom. The van der Waals surface area contributed by atoms with Crippen molar-refractivity contribution >= 4 is 21.8 Å². The molecule has 26 heavy (non-hydrogen) atoms. The third-order valence-electron chi connectivity index (χ3n) is 5.02. The van der Waals surface area contributed by atoms with Gasteiger partial charge in [-0.2, -0.15) is 0 Å². The summed E-state index contributed by atoms with van der Waals surface area (Å²) in [5.41, 5.74) is 5.20. The predicted molar refractivity (Wildman–Crippen MR) is 109 cm³/mol. The number of carbonyl (C=O) groups is 1. The summed E-state index contributed by atoms with van der Waals surface area (Å²) in [5, 5.41) is 3.11. The Kier molecular flexibility index (Phi) is 6.36. The molecule has 0 bridgehead atoms. The highest BCUT2D eigenvalue weighted by Gasteiger charge is 2.16. The molecule has 2 aromatic carbocycles. The maximum atomic E-state index is 12.4. The summed E-state index contributed by atoms with van der Waals surface area (Å²) in [5.74, 6) is 0.623. The normalized spacial score (nSPS) is 14.4. The van der Waals surface area contributed by atoms with Gasteiger partial charge in [0.1, 0.15) is 5.75 Å². The van der Waals surface area contributed by atoms with Crippen molar-refractivity contribution in [3.63, 3.8) is 0 Å². The van der Waals surface area contributed by atoms with E-state index in [4.69, 9.17) is 4.74 Å². The molecule has 0 radical (unpaired) electrons. The van der Waals surface area contributed by atoms with Gasteiger partial charge in [-0.1, -0.05) is 41.1 Å². The highest BCUT2D eigenvalue weighted by Crippen LogP contribution is 2.26. The average molecular weight is 416 g/mol. The van der Waals surface area contributed by atoms with Crippen LogP contribution < -0.4 is 10.1 Å². The first kappa shape index (κ1) is 19.0. The summed E-state index contributed by atoms with van der Waals surface area (Å²) in [6.45, 7) is 4.13. The molecular formula is C22H26BrNO2. The van der Waals surface area contributed by atoms with Crippen molar-refractivity contribution in [1.82, 2.24) is 5.32 Å². The molecule has 0 heterocycles. The topological polar surface area (TPSA) is 38.3 Å². The Morgan fingerprint density at radius 1 is 1.15 bits per heavy atom. The van der Waals surface area contributed by atoms with E-state index in [1.807, 2.05) is 25.1 Å². The molecule has 4 heteroatoms. The molecule has 1 atom stereocenters. The number of benzene rings is 2. The Labute approximate surface area is 164 Å². The van der Waals surface area contributed by atoms with E-state index in [-0.39, 0.29) is 18.6 Å². The molecule has 2 aromatic rings. The first-order valence-corrected chi connectivity index (χ1v) is 10.2. The molecule has 0 saturated carbocycles. The number of nitrogens with one attached hydrogen (secondary N) is 1. The van der Waals surface area contributed by atoms with Gasteiger partial charge in [0.15, 0.2) is 6.61 Å². The van der Waals surface area contributed by atoms with Gasteiger partial charge in [-0.05, 0) is 79.5 Å². The number of rotatable bonds is 6. The van der Waals surface area contributed by atoms with Crippen LogP contribution in [0.15, 0.2) is 40.9 Å². The SMILES string of the molecule is CC[C@@H](NC(=O)COc1ccc(Br)c(C)c1)c1ccc2c(c1)CCCC2. The third-order valence-corrected chi connectivity index (χ3v) is 5.91. The van der Waals surface area contributed by atoms with Crippen LogP contribution in [0.5, 0.6) is 5.75 Å². The highest BCUT2D eigenvalue weighted by atomic mass is 79.9. The van der Waals surface area contributed by atoms with Crippen LogP contribution in [-0.2, 0) is 17.6 Å². The Balaban J connectivity index is 1.60. The lowest BCUT2D eigenvalue weighted by Gasteiger charge is -2.22. The van der Waals surface area contributed by atoms with Gasteiger partial charge in [0.25, 0.3) is 5.91 Å². The van der Waals surface area contributed by atoms with Crippen LogP contribution in [0.3, 0.4) is 0 Å². The van der Waals surface area contributed by atoms with E-state index >= 15 is 0 Å². The Bertz CT molecular complexity index is 788. The number of carbonyl (C=O) groups excluding carboxylic acids is 1. The predicted octanol–water partition coefficient (Wildman–Crippen LogP) is 5.28. The third kappa shape index (κ3) is 4.67. The summed E-state index contributed by atoms with van der Waals surface area (Å²) in [6.07, 6.45) is 5.74. The van der Waals surface area contributed by atoms with Gasteiger partial charge in [-0.3, -0.25) is 4.79 Å². The summed E-state index contributed by atoms with van der Waals surface area (Å²) in [6, 6.07) is 12.4. The quantitative estimate of drug-likeness (QED) is 0.696. The molecule has 0 aromatic heterocycles. The Morgan fingerprint density at radius 2 is 1.92 bits per heavy atom. The van der Waals surface area contributed by atoms with Crippen LogP contribution in [0.4, 0.5) is 0 Å². The summed E-state index contributed by atoms with van der Waals surface area (Å²) >= 11 is 3.47. The largest absolute Gasteiger partial charge is 0.484 e. The molecule has 1 N–H and O–H groups in total. The zero-order valence-corrected chi connectivity index (χ0v) is 17.1. The van der Waals surface area contributed by atoms with Crippen LogP contribution in [0.2, 0.25) is 0 Å². The van der Waals surface area contributed by atoms with Crippen LogP contribution in [0.1, 0.15) is 54.5 Å². The molecule has 1 aliphatic carbocycles. The number of hydrogen-bond donors (Lipinski definition) is 1. The lowest BCUT2D eigenvalue weighted by Crippen LogP contribution is -2.32. The summed E-state index contributed by atoms with van der Waals surface area (Å²) < 4.78 is 6.68. The van der Waals surface area contributed by atoms with Gasteiger partial charge in [-0.25, -0.2) is 0 Å². The van der Waals surface area contributed by atoms with E-state index < -0.39 is 0 Å². The smallest absolute Gasteiger partial charge is 0.258 e. The number of fused-ring (bicyclic) bond motifs is 1. The number of amides is 1. The van der Waals surface area contributed by atoms with Crippen LogP contribution in [-0.4, -0.2) is 12.5 Å². The number of hydrogen-bond acceptors (Lipinski definition) is 2. The van der Waals surface area contributed by atoms with Crippen molar-refractivity contribution in [2.75, 3.05) is 6.61 Å². The summed E-state index contributed by atoms with van der Waals surface area (Å²) in [4.78, 5) is 12.4. The number of ether oxygens (including phenoxy) is 1. The highest BCUT2D eigenvalue weighted by molar-refractivity contribution is 9.10.